The molecule has 1 aromatic heterocycles. The van der Waals surface area contributed by atoms with Crippen LogP contribution in [-0.2, 0) is 0 Å². The Labute approximate surface area is 124 Å². The van der Waals surface area contributed by atoms with Gasteiger partial charge in [-0.2, -0.15) is 0 Å². The fourth-order valence-corrected chi connectivity index (χ4v) is 3.26. The third-order valence-corrected chi connectivity index (χ3v) is 4.38. The van der Waals surface area contributed by atoms with Crippen LogP contribution in [0.4, 0.5) is 11.5 Å². The van der Waals surface area contributed by atoms with Gasteiger partial charge in [-0.05, 0) is 18.9 Å². The summed E-state index contributed by atoms with van der Waals surface area (Å²) in [5.41, 5.74) is 0.944. The summed E-state index contributed by atoms with van der Waals surface area (Å²) in [6, 6.07) is 2.18. The third-order valence-electron chi connectivity index (χ3n) is 4.38. The van der Waals surface area contributed by atoms with Crippen LogP contribution < -0.4 is 10.2 Å². The summed E-state index contributed by atoms with van der Waals surface area (Å²) in [5.74, 6) is 0.887. The second kappa shape index (κ2) is 5.95. The molecule has 0 aliphatic carbocycles. The zero-order valence-electron chi connectivity index (χ0n) is 12.3. The SMILES string of the molecule is Cc1cc([N+](=O)[O-])cnc1N1CCC(N2CCNCC2)C1. The molecule has 2 saturated heterocycles. The van der Waals surface area contributed by atoms with E-state index in [-0.39, 0.29) is 5.69 Å². The first-order valence-corrected chi connectivity index (χ1v) is 7.46. The normalized spacial score (nSPS) is 23.5. The predicted molar refractivity (Wildman–Crippen MR) is 80.7 cm³/mol. The van der Waals surface area contributed by atoms with Crippen LogP contribution in [0, 0.1) is 17.0 Å². The van der Waals surface area contributed by atoms with E-state index in [4.69, 9.17) is 0 Å². The number of anilines is 1. The Bertz CT molecular complexity index is 530. The molecule has 7 heteroatoms. The maximum absolute atomic E-state index is 10.8. The number of nitrogens with zero attached hydrogens (tertiary/aromatic N) is 4. The van der Waals surface area contributed by atoms with Crippen molar-refractivity contribution in [1.29, 1.82) is 0 Å². The summed E-state index contributed by atoms with van der Waals surface area (Å²) in [6.07, 6.45) is 2.50. The standard InChI is InChI=1S/C14H21N5O2/c1-11-8-13(19(20)21)9-16-14(11)18-5-2-12(10-18)17-6-3-15-4-7-17/h8-9,12,15H,2-7,10H2,1H3. The lowest BCUT2D eigenvalue weighted by atomic mass is 10.2. The average molecular weight is 291 g/mol. The van der Waals surface area contributed by atoms with Crippen LogP contribution >= 0.6 is 0 Å². The van der Waals surface area contributed by atoms with Gasteiger partial charge in [0.25, 0.3) is 5.69 Å². The Morgan fingerprint density at radius 3 is 2.81 bits per heavy atom. The molecule has 2 fully saturated rings. The highest BCUT2D eigenvalue weighted by Gasteiger charge is 2.30. The van der Waals surface area contributed by atoms with Gasteiger partial charge in [0.1, 0.15) is 12.0 Å². The fourth-order valence-electron chi connectivity index (χ4n) is 3.26. The van der Waals surface area contributed by atoms with Gasteiger partial charge in [-0.25, -0.2) is 4.98 Å². The van der Waals surface area contributed by atoms with Gasteiger partial charge in [-0.15, -0.1) is 0 Å². The quantitative estimate of drug-likeness (QED) is 0.655. The smallest absolute Gasteiger partial charge is 0.287 e. The molecule has 0 bridgehead atoms. The average Bonchev–Trinajstić information content (AvgIpc) is 2.97. The largest absolute Gasteiger partial charge is 0.355 e. The van der Waals surface area contributed by atoms with Crippen LogP contribution in [0.2, 0.25) is 0 Å². The Kier molecular flexibility index (Phi) is 4.03. The van der Waals surface area contributed by atoms with E-state index in [2.05, 4.69) is 20.1 Å². The predicted octanol–water partition coefficient (Wildman–Crippen LogP) is 0.782. The number of hydrogen-bond donors (Lipinski definition) is 1. The molecule has 2 aliphatic rings. The van der Waals surface area contributed by atoms with Crippen LogP contribution in [0.25, 0.3) is 0 Å². The van der Waals surface area contributed by atoms with Crippen LogP contribution in [0.15, 0.2) is 12.3 Å². The number of nitro groups is 1. The number of nitrogens with one attached hydrogen (secondary N) is 1. The fraction of sp³-hybridized carbons (Fsp3) is 0.643. The number of pyridine rings is 1. The molecular formula is C14H21N5O2. The number of hydrogen-bond acceptors (Lipinski definition) is 6. The Hall–Kier alpha value is -1.73. The zero-order chi connectivity index (χ0) is 14.8. The molecule has 7 nitrogen and oxygen atoms in total. The maximum atomic E-state index is 10.8. The molecule has 3 heterocycles. The molecular weight excluding hydrogens is 270 g/mol. The minimum absolute atomic E-state index is 0.0640. The molecule has 1 atom stereocenters. The molecule has 0 spiro atoms. The molecule has 1 aromatic rings. The van der Waals surface area contributed by atoms with E-state index in [0.29, 0.717) is 6.04 Å². The van der Waals surface area contributed by atoms with Crippen LogP contribution in [0.3, 0.4) is 0 Å². The van der Waals surface area contributed by atoms with Crippen molar-refractivity contribution in [2.45, 2.75) is 19.4 Å². The van der Waals surface area contributed by atoms with Gasteiger partial charge >= 0.3 is 0 Å². The van der Waals surface area contributed by atoms with E-state index in [1.54, 1.807) is 6.07 Å². The molecule has 3 rings (SSSR count). The number of aromatic nitrogens is 1. The lowest BCUT2D eigenvalue weighted by Crippen LogP contribution is -2.49. The molecule has 0 saturated carbocycles. The summed E-state index contributed by atoms with van der Waals surface area (Å²) in [6.45, 7) is 8.16. The second-order valence-electron chi connectivity index (χ2n) is 5.77. The van der Waals surface area contributed by atoms with E-state index in [1.807, 2.05) is 6.92 Å². The van der Waals surface area contributed by atoms with E-state index in [9.17, 15) is 10.1 Å². The van der Waals surface area contributed by atoms with E-state index in [1.165, 1.54) is 6.20 Å². The Balaban J connectivity index is 1.69. The minimum Gasteiger partial charge on any atom is -0.355 e. The maximum Gasteiger partial charge on any atom is 0.287 e. The molecule has 0 radical (unpaired) electrons. The van der Waals surface area contributed by atoms with Gasteiger partial charge in [0.05, 0.1) is 4.92 Å². The molecule has 0 amide bonds. The van der Waals surface area contributed by atoms with Crippen molar-refractivity contribution in [3.05, 3.63) is 27.9 Å². The molecule has 114 valence electrons. The second-order valence-corrected chi connectivity index (χ2v) is 5.77. The van der Waals surface area contributed by atoms with Crippen LogP contribution in [-0.4, -0.2) is 60.1 Å². The van der Waals surface area contributed by atoms with Gasteiger partial charge < -0.3 is 10.2 Å². The molecule has 21 heavy (non-hydrogen) atoms. The van der Waals surface area contributed by atoms with E-state index >= 15 is 0 Å². The first kappa shape index (κ1) is 14.2. The monoisotopic (exact) mass is 291 g/mol. The summed E-state index contributed by atoms with van der Waals surface area (Å²) in [5, 5.41) is 14.2. The number of piperazine rings is 1. The summed E-state index contributed by atoms with van der Waals surface area (Å²) >= 11 is 0. The van der Waals surface area contributed by atoms with E-state index in [0.717, 1.165) is 57.1 Å². The van der Waals surface area contributed by atoms with Gasteiger partial charge in [0.15, 0.2) is 0 Å². The Morgan fingerprint density at radius 1 is 1.38 bits per heavy atom. The summed E-state index contributed by atoms with van der Waals surface area (Å²) in [7, 11) is 0. The molecule has 2 aliphatic heterocycles. The number of rotatable bonds is 3. The lowest BCUT2D eigenvalue weighted by Gasteiger charge is -2.32. The van der Waals surface area contributed by atoms with Crippen LogP contribution in [0.1, 0.15) is 12.0 Å². The van der Waals surface area contributed by atoms with Crippen molar-refractivity contribution in [2.75, 3.05) is 44.2 Å². The zero-order valence-corrected chi connectivity index (χ0v) is 12.3. The first-order valence-electron chi connectivity index (χ1n) is 7.46. The molecule has 1 N–H and O–H groups in total. The lowest BCUT2D eigenvalue weighted by molar-refractivity contribution is -0.385. The van der Waals surface area contributed by atoms with Crippen molar-refractivity contribution in [3.63, 3.8) is 0 Å². The van der Waals surface area contributed by atoms with Crippen molar-refractivity contribution in [2.24, 2.45) is 0 Å². The highest BCUT2D eigenvalue weighted by atomic mass is 16.6. The van der Waals surface area contributed by atoms with Gasteiger partial charge in [0, 0.05) is 51.4 Å². The van der Waals surface area contributed by atoms with Gasteiger partial charge in [-0.3, -0.25) is 15.0 Å². The number of aryl methyl sites for hydroxylation is 1. The third kappa shape index (κ3) is 2.98. The highest BCUT2D eigenvalue weighted by molar-refractivity contribution is 5.51. The molecule has 0 aromatic carbocycles. The van der Waals surface area contributed by atoms with E-state index < -0.39 is 4.92 Å². The van der Waals surface area contributed by atoms with Gasteiger partial charge in [0.2, 0.25) is 0 Å². The Morgan fingerprint density at radius 2 is 2.14 bits per heavy atom. The van der Waals surface area contributed by atoms with Crippen molar-refractivity contribution in [3.8, 4) is 0 Å². The van der Waals surface area contributed by atoms with Crippen molar-refractivity contribution >= 4 is 11.5 Å². The van der Waals surface area contributed by atoms with Gasteiger partial charge in [-0.1, -0.05) is 0 Å². The topological polar surface area (TPSA) is 74.5 Å². The summed E-state index contributed by atoms with van der Waals surface area (Å²) in [4.78, 5) is 19.5. The molecule has 1 unspecified atom stereocenters. The van der Waals surface area contributed by atoms with Crippen molar-refractivity contribution < 1.29 is 4.92 Å². The van der Waals surface area contributed by atoms with Crippen molar-refractivity contribution in [1.82, 2.24) is 15.2 Å². The highest BCUT2D eigenvalue weighted by Crippen LogP contribution is 2.26. The minimum atomic E-state index is -0.392. The summed E-state index contributed by atoms with van der Waals surface area (Å²) < 4.78 is 0. The first-order chi connectivity index (χ1) is 10.1. The van der Waals surface area contributed by atoms with Crippen LogP contribution in [0.5, 0.6) is 0 Å².